The maximum Gasteiger partial charge on any atom is 0.303 e. The van der Waals surface area contributed by atoms with E-state index in [0.29, 0.717) is 16.8 Å². The minimum absolute atomic E-state index is 0.0740. The Morgan fingerprint density at radius 2 is 1.46 bits per heavy atom. The molecule has 0 aliphatic carbocycles. The van der Waals surface area contributed by atoms with Gasteiger partial charge in [0.15, 0.2) is 0 Å². The molecule has 7 N–H and O–H groups in total. The van der Waals surface area contributed by atoms with E-state index < -0.39 is 5.97 Å². The Kier molecular flexibility index (Phi) is 10.2. The Bertz CT molecular complexity index is 1430. The standard InChI is InChI=1S/C25H25N7O5.C2H6/c33-16-5-3-4-15(14-16)28-24-30-23(27-13-12-26-21(35)10-11-22(36)37)31-25(32-24)29-19-8-9-20(34)18-7-2-1-6-17(18)19;1-2/h1-9,14,33-34H,10-13H2,(H,26,35)(H,36,37)(H3,27,28,29,30,31,32);1-2H3. The molecule has 0 bridgehead atoms. The van der Waals surface area contributed by atoms with Gasteiger partial charge in [-0.1, -0.05) is 44.2 Å². The SMILES string of the molecule is CC.O=C(O)CCC(=O)NCCNc1nc(Nc2cccc(O)c2)nc(Nc2ccc(O)c3ccccc23)n1. The summed E-state index contributed by atoms with van der Waals surface area (Å²) in [5.74, 6) is -0.566. The van der Waals surface area contributed by atoms with Crippen molar-refractivity contribution in [2.45, 2.75) is 26.7 Å². The monoisotopic (exact) mass is 533 g/mol. The van der Waals surface area contributed by atoms with Gasteiger partial charge in [0.25, 0.3) is 0 Å². The quantitative estimate of drug-likeness (QED) is 0.108. The molecule has 12 nitrogen and oxygen atoms in total. The van der Waals surface area contributed by atoms with Crippen LogP contribution < -0.4 is 21.3 Å². The van der Waals surface area contributed by atoms with Crippen molar-refractivity contribution in [2.75, 3.05) is 29.0 Å². The number of carbonyl (C=O) groups is 2. The summed E-state index contributed by atoms with van der Waals surface area (Å²) in [6.45, 7) is 4.50. The number of carbonyl (C=O) groups excluding carboxylic acids is 1. The van der Waals surface area contributed by atoms with E-state index in [9.17, 15) is 19.8 Å². The van der Waals surface area contributed by atoms with Crippen molar-refractivity contribution >= 4 is 51.9 Å². The number of fused-ring (bicyclic) bond motifs is 1. The van der Waals surface area contributed by atoms with Crippen LogP contribution in [0.15, 0.2) is 60.7 Å². The van der Waals surface area contributed by atoms with E-state index in [1.807, 2.05) is 32.0 Å². The Morgan fingerprint density at radius 1 is 0.769 bits per heavy atom. The Balaban J connectivity index is 0.00000205. The molecular formula is C27H31N7O5. The fourth-order valence-corrected chi connectivity index (χ4v) is 3.48. The highest BCUT2D eigenvalue weighted by Crippen LogP contribution is 2.32. The molecule has 4 rings (SSSR count). The molecule has 39 heavy (non-hydrogen) atoms. The first kappa shape index (κ1) is 28.4. The summed E-state index contributed by atoms with van der Waals surface area (Å²) in [7, 11) is 0. The topological polar surface area (TPSA) is 182 Å². The van der Waals surface area contributed by atoms with Crippen LogP contribution in [0.3, 0.4) is 0 Å². The lowest BCUT2D eigenvalue weighted by molar-refractivity contribution is -0.138. The molecule has 204 valence electrons. The molecule has 0 aliphatic rings. The minimum Gasteiger partial charge on any atom is -0.508 e. The van der Waals surface area contributed by atoms with E-state index in [1.54, 1.807) is 36.4 Å². The maximum atomic E-state index is 11.7. The third-order valence-corrected chi connectivity index (χ3v) is 5.18. The van der Waals surface area contributed by atoms with Gasteiger partial charge in [0.2, 0.25) is 23.8 Å². The van der Waals surface area contributed by atoms with Gasteiger partial charge in [0.05, 0.1) is 6.42 Å². The lowest BCUT2D eigenvalue weighted by Crippen LogP contribution is -2.29. The van der Waals surface area contributed by atoms with Gasteiger partial charge in [-0.15, -0.1) is 0 Å². The molecule has 0 saturated heterocycles. The number of phenolic OH excluding ortho intramolecular Hbond substituents is 2. The molecule has 0 radical (unpaired) electrons. The summed E-state index contributed by atoms with van der Waals surface area (Å²) < 4.78 is 0. The van der Waals surface area contributed by atoms with Gasteiger partial charge in [-0.2, -0.15) is 15.0 Å². The van der Waals surface area contributed by atoms with Gasteiger partial charge in [-0.25, -0.2) is 0 Å². The van der Waals surface area contributed by atoms with Crippen LogP contribution in [0.1, 0.15) is 26.7 Å². The van der Waals surface area contributed by atoms with E-state index in [1.165, 1.54) is 6.07 Å². The fourth-order valence-electron chi connectivity index (χ4n) is 3.48. The molecular weight excluding hydrogens is 502 g/mol. The predicted molar refractivity (Wildman–Crippen MR) is 150 cm³/mol. The zero-order chi connectivity index (χ0) is 28.2. The van der Waals surface area contributed by atoms with Gasteiger partial charge >= 0.3 is 5.97 Å². The number of hydrogen-bond donors (Lipinski definition) is 7. The van der Waals surface area contributed by atoms with Crippen LogP contribution in [0, 0.1) is 0 Å². The molecule has 4 aromatic rings. The summed E-state index contributed by atoms with van der Waals surface area (Å²) in [4.78, 5) is 35.5. The number of benzene rings is 3. The normalized spacial score (nSPS) is 10.2. The molecule has 1 amide bonds. The van der Waals surface area contributed by atoms with Gasteiger partial charge in [-0.05, 0) is 24.3 Å². The summed E-state index contributed by atoms with van der Waals surface area (Å²) in [5, 5.41) is 41.9. The second kappa shape index (κ2) is 14.0. The first-order valence-corrected chi connectivity index (χ1v) is 12.4. The molecule has 12 heteroatoms. The molecule has 0 spiro atoms. The maximum absolute atomic E-state index is 11.7. The predicted octanol–water partition coefficient (Wildman–Crippen LogP) is 4.34. The van der Waals surface area contributed by atoms with Crippen LogP contribution in [0.5, 0.6) is 11.5 Å². The number of nitrogens with zero attached hydrogens (tertiary/aromatic N) is 3. The highest BCUT2D eigenvalue weighted by atomic mass is 16.4. The van der Waals surface area contributed by atoms with Crippen LogP contribution in [0.4, 0.5) is 29.2 Å². The number of aromatic hydroxyl groups is 2. The molecule has 0 aliphatic heterocycles. The van der Waals surface area contributed by atoms with Crippen LogP contribution in [-0.4, -0.2) is 55.2 Å². The van der Waals surface area contributed by atoms with Crippen molar-refractivity contribution in [3.8, 4) is 11.5 Å². The third kappa shape index (κ3) is 8.45. The van der Waals surface area contributed by atoms with E-state index >= 15 is 0 Å². The van der Waals surface area contributed by atoms with Crippen molar-refractivity contribution in [2.24, 2.45) is 0 Å². The second-order valence-electron chi connectivity index (χ2n) is 7.95. The van der Waals surface area contributed by atoms with E-state index in [-0.39, 0.29) is 61.2 Å². The third-order valence-electron chi connectivity index (χ3n) is 5.18. The number of rotatable bonds is 11. The lowest BCUT2D eigenvalue weighted by Gasteiger charge is -2.13. The number of carboxylic acids is 1. The molecule has 0 unspecified atom stereocenters. The van der Waals surface area contributed by atoms with Crippen LogP contribution in [-0.2, 0) is 9.59 Å². The molecule has 0 fully saturated rings. The van der Waals surface area contributed by atoms with Gasteiger partial charge in [0.1, 0.15) is 11.5 Å². The Labute approximate surface area is 225 Å². The molecule has 3 aromatic carbocycles. The number of hydrogen-bond acceptors (Lipinski definition) is 10. The number of amides is 1. The Morgan fingerprint density at radius 3 is 2.18 bits per heavy atom. The molecule has 1 aromatic heterocycles. The summed E-state index contributed by atoms with van der Waals surface area (Å²) in [5.41, 5.74) is 1.23. The molecule has 0 atom stereocenters. The summed E-state index contributed by atoms with van der Waals surface area (Å²) in [6, 6.07) is 17.1. The zero-order valence-corrected chi connectivity index (χ0v) is 21.6. The van der Waals surface area contributed by atoms with Crippen LogP contribution in [0.2, 0.25) is 0 Å². The van der Waals surface area contributed by atoms with Crippen molar-refractivity contribution < 1.29 is 24.9 Å². The first-order valence-electron chi connectivity index (χ1n) is 12.4. The van der Waals surface area contributed by atoms with Crippen molar-refractivity contribution in [3.63, 3.8) is 0 Å². The van der Waals surface area contributed by atoms with Crippen molar-refractivity contribution in [3.05, 3.63) is 60.7 Å². The van der Waals surface area contributed by atoms with Gasteiger partial charge in [0, 0.05) is 47.7 Å². The van der Waals surface area contributed by atoms with E-state index in [2.05, 4.69) is 36.2 Å². The average Bonchev–Trinajstić information content (AvgIpc) is 2.93. The number of carboxylic acid groups (broad SMARTS) is 1. The van der Waals surface area contributed by atoms with Gasteiger partial charge in [-0.3, -0.25) is 9.59 Å². The molecule has 1 heterocycles. The van der Waals surface area contributed by atoms with E-state index in [4.69, 9.17) is 5.11 Å². The number of aliphatic carboxylic acids is 1. The smallest absolute Gasteiger partial charge is 0.303 e. The van der Waals surface area contributed by atoms with Crippen molar-refractivity contribution in [1.82, 2.24) is 20.3 Å². The number of nitrogens with one attached hydrogen (secondary N) is 4. The highest BCUT2D eigenvalue weighted by Gasteiger charge is 2.11. The largest absolute Gasteiger partial charge is 0.508 e. The number of aromatic nitrogens is 3. The van der Waals surface area contributed by atoms with Crippen molar-refractivity contribution in [1.29, 1.82) is 0 Å². The number of phenols is 2. The van der Waals surface area contributed by atoms with Crippen LogP contribution in [0.25, 0.3) is 10.8 Å². The van der Waals surface area contributed by atoms with E-state index in [0.717, 1.165) is 5.39 Å². The average molecular weight is 534 g/mol. The summed E-state index contributed by atoms with van der Waals surface area (Å²) in [6.07, 6.45) is -0.342. The number of anilines is 5. The van der Waals surface area contributed by atoms with Gasteiger partial charge < -0.3 is 36.6 Å². The first-order chi connectivity index (χ1) is 18.9. The minimum atomic E-state index is -1.04. The zero-order valence-electron chi connectivity index (χ0n) is 21.6. The van der Waals surface area contributed by atoms with Crippen LogP contribution >= 0.6 is 0 Å². The lowest BCUT2D eigenvalue weighted by atomic mass is 10.1. The summed E-state index contributed by atoms with van der Waals surface area (Å²) >= 11 is 0. The second-order valence-corrected chi connectivity index (χ2v) is 7.95. The highest BCUT2D eigenvalue weighted by molar-refractivity contribution is 5.98. The fraction of sp³-hybridized carbons (Fsp3) is 0.222. The molecule has 0 saturated carbocycles. The Hall–Kier alpha value is -5.13.